The van der Waals surface area contributed by atoms with Gasteiger partial charge >= 0.3 is 30.2 Å². The zero-order chi connectivity index (χ0) is 23.1. The normalized spacial score (nSPS) is 15.6. The second-order valence-corrected chi connectivity index (χ2v) is 5.37. The van der Waals surface area contributed by atoms with Crippen molar-refractivity contribution in [2.75, 3.05) is 5.32 Å². The quantitative estimate of drug-likeness (QED) is 0.501. The Bertz CT molecular complexity index is 770. The van der Waals surface area contributed by atoms with Crippen LogP contribution in [0.15, 0.2) is 24.3 Å². The lowest BCUT2D eigenvalue weighted by molar-refractivity contribution is -0.472. The summed E-state index contributed by atoms with van der Waals surface area (Å²) in [6.07, 6.45) is -21.0. The first-order chi connectivity index (χ1) is 12.8. The van der Waals surface area contributed by atoms with Gasteiger partial charge < -0.3 is 5.32 Å². The molecule has 0 radical (unpaired) electrons. The number of amides is 1. The molecular formula is C14H8F11NO3. The molecule has 0 heterocycles. The van der Waals surface area contributed by atoms with E-state index in [-0.39, 0.29) is 5.56 Å². The van der Waals surface area contributed by atoms with Crippen molar-refractivity contribution in [3.8, 4) is 0 Å². The zero-order valence-corrected chi connectivity index (χ0v) is 13.7. The van der Waals surface area contributed by atoms with Gasteiger partial charge in [-0.05, 0) is 31.2 Å². The SMILES string of the molecule is CC(=O)c1ccc(NC(=O)C(F)(OC(F)(F)C(F)(F)C(F)(F)F)C(F)(F)F)cc1. The minimum absolute atomic E-state index is 0.0436. The van der Waals surface area contributed by atoms with Crippen molar-refractivity contribution in [1.29, 1.82) is 0 Å². The molecule has 1 rings (SSSR count). The molecule has 4 nitrogen and oxygen atoms in total. The third kappa shape index (κ3) is 4.76. The van der Waals surface area contributed by atoms with Crippen LogP contribution in [0.3, 0.4) is 0 Å². The van der Waals surface area contributed by atoms with Crippen LogP contribution in [-0.4, -0.2) is 41.9 Å². The number of halogens is 11. The molecule has 15 heteroatoms. The van der Waals surface area contributed by atoms with Crippen molar-refractivity contribution in [2.45, 2.75) is 37.2 Å². The van der Waals surface area contributed by atoms with Crippen molar-refractivity contribution in [1.82, 2.24) is 0 Å². The van der Waals surface area contributed by atoms with Crippen LogP contribution in [0, 0.1) is 0 Å². The summed E-state index contributed by atoms with van der Waals surface area (Å²) in [4.78, 5) is 22.5. The van der Waals surface area contributed by atoms with Gasteiger partial charge in [0.1, 0.15) is 0 Å². The highest BCUT2D eigenvalue weighted by atomic mass is 19.4. The summed E-state index contributed by atoms with van der Waals surface area (Å²) < 4.78 is 142. The Morgan fingerprint density at radius 1 is 0.793 bits per heavy atom. The average molecular weight is 447 g/mol. The molecule has 1 aromatic carbocycles. The third-order valence-corrected chi connectivity index (χ3v) is 3.20. The first kappa shape index (κ1) is 24.6. The van der Waals surface area contributed by atoms with E-state index in [0.29, 0.717) is 12.1 Å². The maximum atomic E-state index is 14.0. The molecule has 1 N–H and O–H groups in total. The first-order valence-corrected chi connectivity index (χ1v) is 6.97. The van der Waals surface area contributed by atoms with Gasteiger partial charge in [-0.15, -0.1) is 0 Å². The van der Waals surface area contributed by atoms with Gasteiger partial charge in [-0.1, -0.05) is 0 Å². The molecule has 0 spiro atoms. The number of benzene rings is 1. The second-order valence-electron chi connectivity index (χ2n) is 5.37. The third-order valence-electron chi connectivity index (χ3n) is 3.20. The van der Waals surface area contributed by atoms with Crippen LogP contribution in [0.25, 0.3) is 0 Å². The van der Waals surface area contributed by atoms with Gasteiger partial charge in [0, 0.05) is 11.3 Å². The number of rotatable bonds is 6. The molecule has 0 aliphatic carbocycles. The molecule has 1 unspecified atom stereocenters. The monoisotopic (exact) mass is 447 g/mol. The molecule has 1 atom stereocenters. The lowest BCUT2D eigenvalue weighted by Crippen LogP contribution is -2.62. The lowest BCUT2D eigenvalue weighted by Gasteiger charge is -2.34. The number of anilines is 1. The number of ether oxygens (including phenoxy) is 1. The molecule has 164 valence electrons. The molecule has 0 saturated heterocycles. The van der Waals surface area contributed by atoms with Crippen molar-refractivity contribution < 1.29 is 62.6 Å². The summed E-state index contributed by atoms with van der Waals surface area (Å²) in [5.41, 5.74) is -0.793. The van der Waals surface area contributed by atoms with E-state index in [1.54, 1.807) is 0 Å². The highest BCUT2D eigenvalue weighted by Gasteiger charge is 2.79. The fourth-order valence-electron chi connectivity index (χ4n) is 1.64. The van der Waals surface area contributed by atoms with Gasteiger partial charge in [-0.2, -0.15) is 48.3 Å². The first-order valence-electron chi connectivity index (χ1n) is 6.97. The minimum Gasteiger partial charge on any atom is -0.321 e. The number of alkyl halides is 11. The summed E-state index contributed by atoms with van der Waals surface area (Å²) >= 11 is 0. The molecule has 29 heavy (non-hydrogen) atoms. The molecule has 0 aliphatic rings. The Labute approximate surface area is 153 Å². The van der Waals surface area contributed by atoms with E-state index in [2.05, 4.69) is 4.74 Å². The molecule has 1 aromatic rings. The molecule has 0 aliphatic heterocycles. The van der Waals surface area contributed by atoms with Gasteiger partial charge in [-0.25, -0.2) is 0 Å². The number of ketones is 1. The van der Waals surface area contributed by atoms with Crippen molar-refractivity contribution in [3.63, 3.8) is 0 Å². The lowest BCUT2D eigenvalue weighted by atomic mass is 10.1. The van der Waals surface area contributed by atoms with Gasteiger partial charge in [0.2, 0.25) is 0 Å². The fourth-order valence-corrected chi connectivity index (χ4v) is 1.64. The van der Waals surface area contributed by atoms with Gasteiger partial charge in [0.25, 0.3) is 5.91 Å². The Morgan fingerprint density at radius 2 is 1.24 bits per heavy atom. The molecule has 0 fully saturated rings. The van der Waals surface area contributed by atoms with E-state index in [9.17, 15) is 57.9 Å². The number of carbonyl (C=O) groups excluding carboxylic acids is 2. The smallest absolute Gasteiger partial charge is 0.321 e. The zero-order valence-electron chi connectivity index (χ0n) is 13.7. The molecule has 0 aromatic heterocycles. The fraction of sp³-hybridized carbons (Fsp3) is 0.429. The van der Waals surface area contributed by atoms with Gasteiger partial charge in [0.05, 0.1) is 0 Å². The summed E-state index contributed by atoms with van der Waals surface area (Å²) in [5, 5.41) is 1.04. The summed E-state index contributed by atoms with van der Waals surface area (Å²) in [7, 11) is 0. The highest BCUT2D eigenvalue weighted by molar-refractivity contribution is 5.98. The van der Waals surface area contributed by atoms with Crippen LogP contribution in [-0.2, 0) is 9.53 Å². The second kappa shape index (κ2) is 7.42. The van der Waals surface area contributed by atoms with Crippen LogP contribution < -0.4 is 5.32 Å². The molecular weight excluding hydrogens is 439 g/mol. The van der Waals surface area contributed by atoms with Gasteiger partial charge in [-0.3, -0.25) is 14.3 Å². The van der Waals surface area contributed by atoms with E-state index < -0.39 is 47.6 Å². The predicted molar refractivity (Wildman–Crippen MR) is 72.0 cm³/mol. The van der Waals surface area contributed by atoms with Crippen LogP contribution in [0.2, 0.25) is 0 Å². The Kier molecular flexibility index (Phi) is 6.29. The standard InChI is InChI=1S/C14H8F11NO3/c1-6(27)7-2-4-8(5-3-7)26-9(28)10(15,12(18,19)20)29-14(24,25)11(16,17)13(21,22)23/h2-5H,1H3,(H,26,28). The van der Waals surface area contributed by atoms with Gasteiger partial charge in [0.15, 0.2) is 5.78 Å². The maximum Gasteiger partial charge on any atom is 0.462 e. The summed E-state index contributed by atoms with van der Waals surface area (Å²) in [5.74, 6) is -17.3. The van der Waals surface area contributed by atoms with Crippen LogP contribution in [0.4, 0.5) is 54.0 Å². The van der Waals surface area contributed by atoms with Crippen LogP contribution >= 0.6 is 0 Å². The number of nitrogens with one attached hydrogen (secondary N) is 1. The van der Waals surface area contributed by atoms with E-state index >= 15 is 0 Å². The highest BCUT2D eigenvalue weighted by Crippen LogP contribution is 2.51. The summed E-state index contributed by atoms with van der Waals surface area (Å²) in [6, 6.07) is 3.21. The van der Waals surface area contributed by atoms with Crippen molar-refractivity contribution in [3.05, 3.63) is 29.8 Å². The van der Waals surface area contributed by atoms with Crippen molar-refractivity contribution in [2.24, 2.45) is 0 Å². The number of carbonyl (C=O) groups is 2. The summed E-state index contributed by atoms with van der Waals surface area (Å²) in [6.45, 7) is 1.07. The van der Waals surface area contributed by atoms with E-state index in [4.69, 9.17) is 0 Å². The van der Waals surface area contributed by atoms with E-state index in [1.165, 1.54) is 0 Å². The number of hydrogen-bond acceptors (Lipinski definition) is 3. The molecule has 1 amide bonds. The van der Waals surface area contributed by atoms with E-state index in [1.807, 2.05) is 0 Å². The Hall–Kier alpha value is -2.45. The number of Topliss-reactive ketones (excluding diaryl/α,β-unsaturated/α-hetero) is 1. The maximum absolute atomic E-state index is 14.0. The van der Waals surface area contributed by atoms with Crippen LogP contribution in [0.1, 0.15) is 17.3 Å². The average Bonchev–Trinajstić information content (AvgIpc) is 2.52. The molecule has 0 bridgehead atoms. The largest absolute Gasteiger partial charge is 0.462 e. The van der Waals surface area contributed by atoms with Crippen LogP contribution in [0.5, 0.6) is 0 Å². The molecule has 0 saturated carbocycles. The minimum atomic E-state index is -7.27. The predicted octanol–water partition coefficient (Wildman–Crippen LogP) is 4.86. The number of hydrogen-bond donors (Lipinski definition) is 1. The Morgan fingerprint density at radius 3 is 1.59 bits per heavy atom. The van der Waals surface area contributed by atoms with E-state index in [0.717, 1.165) is 24.4 Å². The Balaban J connectivity index is 3.27. The topological polar surface area (TPSA) is 55.4 Å². The van der Waals surface area contributed by atoms with Crippen molar-refractivity contribution >= 4 is 17.4 Å².